The standard InChI is InChI=1S/C14H14N2O4S/c1-20-12-6-4-11(5-7-12)9-14(17)16-21(18,19)13-3-2-8-15-10-13/h2-8,10H,9H2,1H3,(H,16,17). The van der Waals surface area contributed by atoms with Gasteiger partial charge in [-0.3, -0.25) is 9.78 Å². The van der Waals surface area contributed by atoms with E-state index in [-0.39, 0.29) is 11.3 Å². The summed E-state index contributed by atoms with van der Waals surface area (Å²) in [4.78, 5) is 15.5. The van der Waals surface area contributed by atoms with E-state index in [0.29, 0.717) is 11.3 Å². The van der Waals surface area contributed by atoms with Gasteiger partial charge in [-0.15, -0.1) is 0 Å². The molecule has 1 heterocycles. The van der Waals surface area contributed by atoms with E-state index in [1.54, 1.807) is 31.4 Å². The first kappa shape index (κ1) is 15.0. The highest BCUT2D eigenvalue weighted by molar-refractivity contribution is 7.90. The molecule has 6 nitrogen and oxygen atoms in total. The maximum Gasteiger partial charge on any atom is 0.265 e. The summed E-state index contributed by atoms with van der Waals surface area (Å²) in [7, 11) is -2.34. The second-order valence-electron chi connectivity index (χ2n) is 4.24. The minimum absolute atomic E-state index is 0.0382. The second-order valence-corrected chi connectivity index (χ2v) is 5.92. The van der Waals surface area contributed by atoms with Gasteiger partial charge < -0.3 is 4.74 Å². The van der Waals surface area contributed by atoms with Gasteiger partial charge in [-0.2, -0.15) is 0 Å². The number of methoxy groups -OCH3 is 1. The van der Waals surface area contributed by atoms with Crippen LogP contribution in [0.25, 0.3) is 0 Å². The van der Waals surface area contributed by atoms with E-state index in [9.17, 15) is 13.2 Å². The Morgan fingerprint density at radius 2 is 1.95 bits per heavy atom. The third-order valence-electron chi connectivity index (χ3n) is 2.72. The van der Waals surface area contributed by atoms with Crippen LogP contribution >= 0.6 is 0 Å². The first-order valence-corrected chi connectivity index (χ1v) is 7.58. The van der Waals surface area contributed by atoms with Crippen LogP contribution in [0.3, 0.4) is 0 Å². The van der Waals surface area contributed by atoms with E-state index in [1.165, 1.54) is 24.5 Å². The molecule has 0 radical (unpaired) electrons. The molecule has 2 rings (SSSR count). The average molecular weight is 306 g/mol. The maximum atomic E-state index is 11.9. The monoisotopic (exact) mass is 306 g/mol. The molecule has 0 bridgehead atoms. The molecule has 2 aromatic rings. The van der Waals surface area contributed by atoms with Crippen LogP contribution in [0.4, 0.5) is 0 Å². The van der Waals surface area contributed by atoms with Crippen molar-refractivity contribution in [1.82, 2.24) is 9.71 Å². The van der Waals surface area contributed by atoms with Gasteiger partial charge in [0.05, 0.1) is 13.5 Å². The molecule has 21 heavy (non-hydrogen) atoms. The molecule has 1 aromatic carbocycles. The maximum absolute atomic E-state index is 11.9. The number of hydrogen-bond acceptors (Lipinski definition) is 5. The van der Waals surface area contributed by atoms with Gasteiger partial charge in [0.2, 0.25) is 5.91 Å². The van der Waals surface area contributed by atoms with Gasteiger partial charge >= 0.3 is 0 Å². The number of carbonyl (C=O) groups excluding carboxylic acids is 1. The minimum Gasteiger partial charge on any atom is -0.497 e. The molecule has 0 saturated heterocycles. The van der Waals surface area contributed by atoms with E-state index in [2.05, 4.69) is 4.98 Å². The van der Waals surface area contributed by atoms with Crippen molar-refractivity contribution < 1.29 is 17.9 Å². The highest BCUT2D eigenvalue weighted by Gasteiger charge is 2.17. The van der Waals surface area contributed by atoms with Gasteiger partial charge in [-0.1, -0.05) is 12.1 Å². The van der Waals surface area contributed by atoms with Crippen LogP contribution in [-0.4, -0.2) is 26.4 Å². The van der Waals surface area contributed by atoms with Crippen molar-refractivity contribution >= 4 is 15.9 Å². The Bertz CT molecular complexity index is 712. The van der Waals surface area contributed by atoms with Crippen molar-refractivity contribution in [3.63, 3.8) is 0 Å². The predicted molar refractivity (Wildman–Crippen MR) is 76.3 cm³/mol. The first-order valence-electron chi connectivity index (χ1n) is 6.10. The van der Waals surface area contributed by atoms with E-state index < -0.39 is 15.9 Å². The number of nitrogens with zero attached hydrogens (tertiary/aromatic N) is 1. The van der Waals surface area contributed by atoms with Gasteiger partial charge in [0, 0.05) is 12.4 Å². The van der Waals surface area contributed by atoms with Crippen molar-refractivity contribution in [3.8, 4) is 5.75 Å². The lowest BCUT2D eigenvalue weighted by Gasteiger charge is -2.07. The fourth-order valence-electron chi connectivity index (χ4n) is 1.68. The highest BCUT2D eigenvalue weighted by Crippen LogP contribution is 2.12. The molecular formula is C14H14N2O4S. The topological polar surface area (TPSA) is 85.4 Å². The number of nitrogens with one attached hydrogen (secondary N) is 1. The Labute approximate surface area is 122 Å². The van der Waals surface area contributed by atoms with E-state index in [0.717, 1.165) is 0 Å². The number of aromatic nitrogens is 1. The van der Waals surface area contributed by atoms with Gasteiger partial charge in [0.15, 0.2) is 0 Å². The van der Waals surface area contributed by atoms with Crippen LogP contribution in [0, 0.1) is 0 Å². The highest BCUT2D eigenvalue weighted by atomic mass is 32.2. The molecule has 0 aliphatic rings. The molecule has 1 amide bonds. The third-order valence-corrected chi connectivity index (χ3v) is 4.08. The van der Waals surface area contributed by atoms with Crippen molar-refractivity contribution in [3.05, 3.63) is 54.4 Å². The lowest BCUT2D eigenvalue weighted by atomic mass is 10.1. The number of rotatable bonds is 5. The number of hydrogen-bond donors (Lipinski definition) is 1. The first-order chi connectivity index (χ1) is 10.0. The summed E-state index contributed by atoms with van der Waals surface area (Å²) < 4.78 is 30.9. The molecule has 0 spiro atoms. The van der Waals surface area contributed by atoms with Crippen LogP contribution in [0.15, 0.2) is 53.7 Å². The quantitative estimate of drug-likeness (QED) is 0.895. The van der Waals surface area contributed by atoms with Crippen molar-refractivity contribution in [2.45, 2.75) is 11.3 Å². The zero-order valence-corrected chi connectivity index (χ0v) is 12.1. The van der Waals surface area contributed by atoms with Gasteiger partial charge in [0.1, 0.15) is 10.6 Å². The largest absolute Gasteiger partial charge is 0.497 e. The molecule has 0 saturated carbocycles. The van der Waals surface area contributed by atoms with Crippen molar-refractivity contribution in [2.24, 2.45) is 0 Å². The molecule has 0 atom stereocenters. The fourth-order valence-corrected chi connectivity index (χ4v) is 2.63. The summed E-state index contributed by atoms with van der Waals surface area (Å²) in [6, 6.07) is 9.68. The van der Waals surface area contributed by atoms with Crippen LogP contribution in [-0.2, 0) is 21.2 Å². The zero-order chi connectivity index (χ0) is 15.3. The predicted octanol–water partition coefficient (Wildman–Crippen LogP) is 1.14. The number of sulfonamides is 1. The van der Waals surface area contributed by atoms with E-state index in [1.807, 2.05) is 4.72 Å². The second kappa shape index (κ2) is 6.36. The SMILES string of the molecule is COc1ccc(CC(=O)NS(=O)(=O)c2cccnc2)cc1. The summed E-state index contributed by atoms with van der Waals surface area (Å²) in [5, 5.41) is 0. The lowest BCUT2D eigenvalue weighted by molar-refractivity contribution is -0.118. The van der Waals surface area contributed by atoms with Gasteiger partial charge in [0.25, 0.3) is 10.0 Å². The van der Waals surface area contributed by atoms with Crippen LogP contribution in [0.5, 0.6) is 5.75 Å². The van der Waals surface area contributed by atoms with Gasteiger partial charge in [-0.05, 0) is 29.8 Å². The molecule has 0 aliphatic heterocycles. The Morgan fingerprint density at radius 1 is 1.24 bits per heavy atom. The zero-order valence-electron chi connectivity index (χ0n) is 11.3. The summed E-state index contributed by atoms with van der Waals surface area (Å²) in [5.74, 6) is 0.0613. The normalized spacial score (nSPS) is 10.9. The molecule has 1 N–H and O–H groups in total. The van der Waals surface area contributed by atoms with Crippen molar-refractivity contribution in [1.29, 1.82) is 0 Å². The molecule has 110 valence electrons. The summed E-state index contributed by atoms with van der Waals surface area (Å²) in [5.41, 5.74) is 0.690. The molecule has 0 aliphatic carbocycles. The van der Waals surface area contributed by atoms with Crippen LogP contribution < -0.4 is 9.46 Å². The Kier molecular flexibility index (Phi) is 4.54. The third kappa shape index (κ3) is 4.03. The minimum atomic E-state index is -3.88. The number of pyridine rings is 1. The number of benzene rings is 1. The average Bonchev–Trinajstić information content (AvgIpc) is 2.48. The fraction of sp³-hybridized carbons (Fsp3) is 0.143. The summed E-state index contributed by atoms with van der Waals surface area (Å²) >= 11 is 0. The van der Waals surface area contributed by atoms with Crippen molar-refractivity contribution in [2.75, 3.05) is 7.11 Å². The Hall–Kier alpha value is -2.41. The van der Waals surface area contributed by atoms with Gasteiger partial charge in [-0.25, -0.2) is 13.1 Å². The molecule has 0 unspecified atom stereocenters. The lowest BCUT2D eigenvalue weighted by Crippen LogP contribution is -2.31. The Morgan fingerprint density at radius 3 is 2.52 bits per heavy atom. The van der Waals surface area contributed by atoms with Crippen LogP contribution in [0.1, 0.15) is 5.56 Å². The Balaban J connectivity index is 2.04. The van der Waals surface area contributed by atoms with E-state index >= 15 is 0 Å². The number of ether oxygens (including phenoxy) is 1. The summed E-state index contributed by atoms with van der Waals surface area (Å²) in [6.07, 6.45) is 2.60. The number of amides is 1. The summed E-state index contributed by atoms with van der Waals surface area (Å²) in [6.45, 7) is 0. The molecule has 0 fully saturated rings. The molecular weight excluding hydrogens is 292 g/mol. The molecule has 1 aromatic heterocycles. The molecule has 7 heteroatoms. The number of carbonyl (C=O) groups is 1. The smallest absolute Gasteiger partial charge is 0.265 e. The van der Waals surface area contributed by atoms with Crippen LogP contribution in [0.2, 0.25) is 0 Å². The van der Waals surface area contributed by atoms with E-state index in [4.69, 9.17) is 4.74 Å².